The van der Waals surface area contributed by atoms with Gasteiger partial charge in [0.2, 0.25) is 5.91 Å². The van der Waals surface area contributed by atoms with Gasteiger partial charge in [0.1, 0.15) is 5.82 Å². The first kappa shape index (κ1) is 14.1. The molecule has 1 amide bonds. The predicted molar refractivity (Wildman–Crippen MR) is 74.8 cm³/mol. The third-order valence-electron chi connectivity index (χ3n) is 3.96. The summed E-state index contributed by atoms with van der Waals surface area (Å²) in [5.41, 5.74) is 0. The first-order chi connectivity index (χ1) is 9.08. The third-order valence-corrected chi connectivity index (χ3v) is 3.96. The molecule has 0 radical (unpaired) electrons. The van der Waals surface area contributed by atoms with E-state index >= 15 is 0 Å². The molecule has 1 aliphatic heterocycles. The van der Waals surface area contributed by atoms with E-state index in [4.69, 9.17) is 0 Å². The first-order valence-corrected chi connectivity index (χ1v) is 6.98. The lowest BCUT2D eigenvalue weighted by atomic mass is 10.0. The number of hydrogen-bond donors (Lipinski definition) is 0. The highest BCUT2D eigenvalue weighted by molar-refractivity contribution is 5.76. The summed E-state index contributed by atoms with van der Waals surface area (Å²) in [5.74, 6) is 1.24. The SMILES string of the molecule is CN(C)[C@H]1CCCN(C(=O)CCc2nccn2C)C1. The second-order valence-electron chi connectivity index (χ2n) is 5.55. The monoisotopic (exact) mass is 264 g/mol. The summed E-state index contributed by atoms with van der Waals surface area (Å²) < 4.78 is 1.98. The Bertz CT molecular complexity index is 427. The summed E-state index contributed by atoms with van der Waals surface area (Å²) >= 11 is 0. The molecule has 1 saturated heterocycles. The maximum Gasteiger partial charge on any atom is 0.223 e. The van der Waals surface area contributed by atoms with Gasteiger partial charge >= 0.3 is 0 Å². The molecule has 1 aromatic heterocycles. The zero-order valence-electron chi connectivity index (χ0n) is 12.2. The van der Waals surface area contributed by atoms with E-state index in [9.17, 15) is 4.79 Å². The lowest BCUT2D eigenvalue weighted by Crippen LogP contribution is -2.47. The van der Waals surface area contributed by atoms with Crippen LogP contribution in [0.4, 0.5) is 0 Å². The summed E-state index contributed by atoms with van der Waals surface area (Å²) in [5, 5.41) is 0. The van der Waals surface area contributed by atoms with Crippen LogP contribution in [0.15, 0.2) is 12.4 Å². The molecule has 0 spiro atoms. The Morgan fingerprint density at radius 2 is 2.32 bits per heavy atom. The Balaban J connectivity index is 1.84. The molecule has 106 valence electrons. The number of likely N-dealkylation sites (tertiary alicyclic amines) is 1. The number of hydrogen-bond acceptors (Lipinski definition) is 3. The third kappa shape index (κ3) is 3.56. The number of carbonyl (C=O) groups is 1. The second kappa shape index (κ2) is 6.19. The molecule has 0 unspecified atom stereocenters. The van der Waals surface area contributed by atoms with Crippen LogP contribution in [0.2, 0.25) is 0 Å². The van der Waals surface area contributed by atoms with Crippen LogP contribution in [-0.4, -0.2) is 58.5 Å². The van der Waals surface area contributed by atoms with Crippen molar-refractivity contribution in [1.82, 2.24) is 19.4 Å². The molecule has 1 atom stereocenters. The molecule has 5 nitrogen and oxygen atoms in total. The zero-order chi connectivity index (χ0) is 13.8. The van der Waals surface area contributed by atoms with Crippen LogP contribution < -0.4 is 0 Å². The number of amides is 1. The largest absolute Gasteiger partial charge is 0.341 e. The van der Waals surface area contributed by atoms with Crippen molar-refractivity contribution in [2.24, 2.45) is 7.05 Å². The minimum atomic E-state index is 0.259. The van der Waals surface area contributed by atoms with Crippen molar-refractivity contribution in [1.29, 1.82) is 0 Å². The highest BCUT2D eigenvalue weighted by Gasteiger charge is 2.24. The van der Waals surface area contributed by atoms with Gasteiger partial charge in [-0.2, -0.15) is 0 Å². The maximum atomic E-state index is 12.2. The van der Waals surface area contributed by atoms with E-state index < -0.39 is 0 Å². The molecule has 2 rings (SSSR count). The number of imidazole rings is 1. The number of aromatic nitrogens is 2. The Kier molecular flexibility index (Phi) is 4.58. The van der Waals surface area contributed by atoms with Crippen LogP contribution in [0.3, 0.4) is 0 Å². The number of aryl methyl sites for hydroxylation is 2. The summed E-state index contributed by atoms with van der Waals surface area (Å²) in [6.07, 6.45) is 7.29. The van der Waals surface area contributed by atoms with Gasteiger partial charge in [-0.25, -0.2) is 4.98 Å². The summed E-state index contributed by atoms with van der Waals surface area (Å²) in [7, 11) is 6.15. The number of nitrogens with zero attached hydrogens (tertiary/aromatic N) is 4. The molecule has 0 bridgehead atoms. The molecule has 0 N–H and O–H groups in total. The van der Waals surface area contributed by atoms with E-state index in [1.54, 1.807) is 6.20 Å². The van der Waals surface area contributed by atoms with Crippen LogP contribution in [0.25, 0.3) is 0 Å². The highest BCUT2D eigenvalue weighted by Crippen LogP contribution is 2.15. The van der Waals surface area contributed by atoms with Crippen LogP contribution >= 0.6 is 0 Å². The van der Waals surface area contributed by atoms with E-state index in [0.717, 1.165) is 31.8 Å². The Hall–Kier alpha value is -1.36. The molecule has 1 fully saturated rings. The molecule has 5 heteroatoms. The van der Waals surface area contributed by atoms with Crippen molar-refractivity contribution in [3.05, 3.63) is 18.2 Å². The number of likely N-dealkylation sites (N-methyl/N-ethyl adjacent to an activating group) is 1. The smallest absolute Gasteiger partial charge is 0.223 e. The van der Waals surface area contributed by atoms with Gasteiger partial charge in [-0.1, -0.05) is 0 Å². The van der Waals surface area contributed by atoms with Crippen LogP contribution in [0.1, 0.15) is 25.1 Å². The van der Waals surface area contributed by atoms with Gasteiger partial charge in [-0.3, -0.25) is 4.79 Å². The topological polar surface area (TPSA) is 41.4 Å². The minimum Gasteiger partial charge on any atom is -0.341 e. The number of carbonyl (C=O) groups excluding carboxylic acids is 1. The zero-order valence-corrected chi connectivity index (χ0v) is 12.2. The van der Waals surface area contributed by atoms with E-state index in [0.29, 0.717) is 12.5 Å². The van der Waals surface area contributed by atoms with Gasteiger partial charge in [0.15, 0.2) is 0 Å². The van der Waals surface area contributed by atoms with E-state index in [1.165, 1.54) is 6.42 Å². The molecule has 1 aromatic rings. The second-order valence-corrected chi connectivity index (χ2v) is 5.55. The van der Waals surface area contributed by atoms with Crippen molar-refractivity contribution in [2.45, 2.75) is 31.7 Å². The van der Waals surface area contributed by atoms with Gasteiger partial charge < -0.3 is 14.4 Å². The number of rotatable bonds is 4. The fourth-order valence-electron chi connectivity index (χ4n) is 2.62. The minimum absolute atomic E-state index is 0.259. The van der Waals surface area contributed by atoms with E-state index in [1.807, 2.05) is 22.7 Å². The van der Waals surface area contributed by atoms with Gasteiger partial charge in [0.05, 0.1) is 0 Å². The van der Waals surface area contributed by atoms with Gasteiger partial charge in [0, 0.05) is 51.4 Å². The molecule has 0 aromatic carbocycles. The van der Waals surface area contributed by atoms with E-state index in [2.05, 4.69) is 24.0 Å². The lowest BCUT2D eigenvalue weighted by Gasteiger charge is -2.36. The lowest BCUT2D eigenvalue weighted by molar-refractivity contribution is -0.133. The maximum absolute atomic E-state index is 12.2. The Morgan fingerprint density at radius 3 is 2.95 bits per heavy atom. The predicted octanol–water partition coefficient (Wildman–Crippen LogP) is 0.905. The molecule has 0 saturated carbocycles. The van der Waals surface area contributed by atoms with Crippen LogP contribution in [-0.2, 0) is 18.3 Å². The van der Waals surface area contributed by atoms with Crippen LogP contribution in [0.5, 0.6) is 0 Å². The van der Waals surface area contributed by atoms with Crippen molar-refractivity contribution < 1.29 is 4.79 Å². The molecule has 2 heterocycles. The Morgan fingerprint density at radius 1 is 1.53 bits per heavy atom. The fraction of sp³-hybridized carbons (Fsp3) is 0.714. The molecular formula is C14H24N4O. The highest BCUT2D eigenvalue weighted by atomic mass is 16.2. The normalized spacial score (nSPS) is 20.0. The molecule has 0 aliphatic carbocycles. The van der Waals surface area contributed by atoms with Crippen molar-refractivity contribution in [3.8, 4) is 0 Å². The first-order valence-electron chi connectivity index (χ1n) is 6.98. The summed E-state index contributed by atoms with van der Waals surface area (Å²) in [4.78, 5) is 20.7. The number of piperidine rings is 1. The average molecular weight is 264 g/mol. The average Bonchev–Trinajstić information content (AvgIpc) is 2.81. The molecule has 1 aliphatic rings. The van der Waals surface area contributed by atoms with Crippen molar-refractivity contribution in [2.75, 3.05) is 27.2 Å². The standard InChI is InChI=1S/C14H24N4O/c1-16(2)12-5-4-9-18(11-12)14(19)7-6-13-15-8-10-17(13)3/h8,10,12H,4-7,9,11H2,1-3H3/t12-/m0/s1. The van der Waals surface area contributed by atoms with Crippen molar-refractivity contribution >= 4 is 5.91 Å². The Labute approximate surface area is 115 Å². The van der Waals surface area contributed by atoms with E-state index in [-0.39, 0.29) is 5.91 Å². The van der Waals surface area contributed by atoms with Crippen molar-refractivity contribution in [3.63, 3.8) is 0 Å². The quantitative estimate of drug-likeness (QED) is 0.811. The van der Waals surface area contributed by atoms with Crippen LogP contribution in [0, 0.1) is 0 Å². The fourth-order valence-corrected chi connectivity index (χ4v) is 2.62. The van der Waals surface area contributed by atoms with Gasteiger partial charge in [-0.15, -0.1) is 0 Å². The summed E-state index contributed by atoms with van der Waals surface area (Å²) in [6, 6.07) is 0.505. The molecular weight excluding hydrogens is 240 g/mol. The van der Waals surface area contributed by atoms with Gasteiger partial charge in [-0.05, 0) is 26.9 Å². The summed E-state index contributed by atoms with van der Waals surface area (Å²) in [6.45, 7) is 1.77. The van der Waals surface area contributed by atoms with Gasteiger partial charge in [0.25, 0.3) is 0 Å². The molecule has 19 heavy (non-hydrogen) atoms.